The van der Waals surface area contributed by atoms with Crippen molar-refractivity contribution in [2.75, 3.05) is 7.11 Å². The number of phenols is 1. The van der Waals surface area contributed by atoms with Crippen molar-refractivity contribution in [3.05, 3.63) is 23.8 Å². The Bertz CT molecular complexity index is 415. The quantitative estimate of drug-likeness (QED) is 0.789. The first kappa shape index (κ1) is 14.2. The zero-order valence-electron chi connectivity index (χ0n) is 12.1. The van der Waals surface area contributed by atoms with Crippen molar-refractivity contribution < 1.29 is 9.84 Å². The summed E-state index contributed by atoms with van der Waals surface area (Å²) in [5.41, 5.74) is 0.940. The van der Waals surface area contributed by atoms with Gasteiger partial charge in [0.2, 0.25) is 0 Å². The largest absolute Gasteiger partial charge is 0.507 e. The summed E-state index contributed by atoms with van der Waals surface area (Å²) < 4.78 is 5.11. The Morgan fingerprint density at radius 2 is 2.16 bits per heavy atom. The van der Waals surface area contributed by atoms with Crippen molar-refractivity contribution in [3.63, 3.8) is 0 Å². The zero-order chi connectivity index (χ0) is 13.8. The molecule has 3 nitrogen and oxygen atoms in total. The highest BCUT2D eigenvalue weighted by molar-refractivity contribution is 5.41. The van der Waals surface area contributed by atoms with Gasteiger partial charge in [-0.05, 0) is 31.7 Å². The highest BCUT2D eigenvalue weighted by Gasteiger charge is 2.25. The minimum Gasteiger partial charge on any atom is -0.507 e. The average Bonchev–Trinajstić information content (AvgIpc) is 3.21. The molecule has 0 saturated heterocycles. The molecule has 106 valence electrons. The molecule has 0 bridgehead atoms. The number of nitrogens with one attached hydrogen (secondary N) is 1. The van der Waals surface area contributed by atoms with Gasteiger partial charge in [0.1, 0.15) is 11.5 Å². The first-order chi connectivity index (χ1) is 9.13. The molecule has 1 aromatic carbocycles. The Hall–Kier alpha value is -1.22. The van der Waals surface area contributed by atoms with Gasteiger partial charge in [-0.25, -0.2) is 0 Å². The van der Waals surface area contributed by atoms with Gasteiger partial charge in [0.05, 0.1) is 7.11 Å². The van der Waals surface area contributed by atoms with Gasteiger partial charge in [-0.1, -0.05) is 25.8 Å². The van der Waals surface area contributed by atoms with E-state index in [1.54, 1.807) is 13.2 Å². The second-order valence-corrected chi connectivity index (χ2v) is 5.60. The Morgan fingerprint density at radius 1 is 1.42 bits per heavy atom. The maximum Gasteiger partial charge on any atom is 0.124 e. The molecule has 1 aliphatic carbocycles. The van der Waals surface area contributed by atoms with Gasteiger partial charge in [-0.3, -0.25) is 0 Å². The van der Waals surface area contributed by atoms with Crippen LogP contribution in [0.3, 0.4) is 0 Å². The lowest BCUT2D eigenvalue weighted by molar-refractivity contribution is 0.385. The monoisotopic (exact) mass is 263 g/mol. The number of rotatable bonds is 7. The number of hydrogen-bond acceptors (Lipinski definition) is 3. The van der Waals surface area contributed by atoms with Crippen LogP contribution in [0.4, 0.5) is 0 Å². The molecule has 2 atom stereocenters. The maximum atomic E-state index is 10.1. The number of hydrogen-bond donors (Lipinski definition) is 2. The van der Waals surface area contributed by atoms with E-state index in [2.05, 4.69) is 19.2 Å². The summed E-state index contributed by atoms with van der Waals surface area (Å²) in [5, 5.41) is 13.7. The van der Waals surface area contributed by atoms with Crippen LogP contribution < -0.4 is 10.1 Å². The van der Waals surface area contributed by atoms with Crippen LogP contribution in [-0.4, -0.2) is 18.3 Å². The summed E-state index contributed by atoms with van der Waals surface area (Å²) in [5.74, 6) is 1.92. The molecule has 0 radical (unpaired) electrons. The highest BCUT2D eigenvalue weighted by Crippen LogP contribution is 2.35. The SMILES string of the molecule is CCC(CC1CC1)NC(C)c1ccc(OC)cc1O. The van der Waals surface area contributed by atoms with Crippen molar-refractivity contribution in [1.29, 1.82) is 0 Å². The highest BCUT2D eigenvalue weighted by atomic mass is 16.5. The maximum absolute atomic E-state index is 10.1. The first-order valence-corrected chi connectivity index (χ1v) is 7.27. The second-order valence-electron chi connectivity index (χ2n) is 5.60. The number of phenolic OH excluding ortho intramolecular Hbond substituents is 1. The Morgan fingerprint density at radius 3 is 2.68 bits per heavy atom. The zero-order valence-corrected chi connectivity index (χ0v) is 12.1. The van der Waals surface area contributed by atoms with Crippen LogP contribution in [0.2, 0.25) is 0 Å². The summed E-state index contributed by atoms with van der Waals surface area (Å²) >= 11 is 0. The third kappa shape index (κ3) is 3.87. The van der Waals surface area contributed by atoms with Gasteiger partial charge in [0, 0.05) is 23.7 Å². The molecule has 1 aromatic rings. The van der Waals surface area contributed by atoms with Gasteiger partial charge < -0.3 is 15.2 Å². The molecule has 1 fully saturated rings. The van der Waals surface area contributed by atoms with E-state index in [-0.39, 0.29) is 6.04 Å². The van der Waals surface area contributed by atoms with E-state index in [1.165, 1.54) is 19.3 Å². The van der Waals surface area contributed by atoms with Crippen LogP contribution in [-0.2, 0) is 0 Å². The Labute approximate surface area is 116 Å². The molecule has 19 heavy (non-hydrogen) atoms. The molecule has 1 saturated carbocycles. The Balaban J connectivity index is 1.99. The third-order valence-corrected chi connectivity index (χ3v) is 4.00. The normalized spacial score (nSPS) is 18.1. The topological polar surface area (TPSA) is 41.5 Å². The molecule has 2 rings (SSSR count). The van der Waals surface area contributed by atoms with Gasteiger partial charge in [0.25, 0.3) is 0 Å². The molecule has 0 aromatic heterocycles. The fourth-order valence-electron chi connectivity index (χ4n) is 2.57. The van der Waals surface area contributed by atoms with Crippen molar-refractivity contribution in [2.45, 2.75) is 51.6 Å². The molecule has 3 heteroatoms. The van der Waals surface area contributed by atoms with Gasteiger partial charge in [0.15, 0.2) is 0 Å². The molecule has 0 spiro atoms. The lowest BCUT2D eigenvalue weighted by Crippen LogP contribution is -2.31. The molecule has 2 unspecified atom stereocenters. The summed E-state index contributed by atoms with van der Waals surface area (Å²) in [7, 11) is 1.61. The van der Waals surface area contributed by atoms with Crippen molar-refractivity contribution in [3.8, 4) is 11.5 Å². The van der Waals surface area contributed by atoms with Crippen LogP contribution in [0.1, 0.15) is 51.1 Å². The van der Waals surface area contributed by atoms with Crippen LogP contribution in [0.5, 0.6) is 11.5 Å². The van der Waals surface area contributed by atoms with Crippen LogP contribution in [0, 0.1) is 5.92 Å². The van der Waals surface area contributed by atoms with E-state index in [9.17, 15) is 5.11 Å². The van der Waals surface area contributed by atoms with Crippen molar-refractivity contribution in [1.82, 2.24) is 5.32 Å². The van der Waals surface area contributed by atoms with E-state index in [0.29, 0.717) is 17.5 Å². The molecule has 0 heterocycles. The molecule has 0 aliphatic heterocycles. The van der Waals surface area contributed by atoms with E-state index in [1.807, 2.05) is 12.1 Å². The summed E-state index contributed by atoms with van der Waals surface area (Å²) in [6.07, 6.45) is 5.18. The summed E-state index contributed by atoms with van der Waals surface area (Å²) in [6, 6.07) is 6.22. The smallest absolute Gasteiger partial charge is 0.124 e. The third-order valence-electron chi connectivity index (χ3n) is 4.00. The lowest BCUT2D eigenvalue weighted by atomic mass is 10.0. The van der Waals surface area contributed by atoms with E-state index >= 15 is 0 Å². The summed E-state index contributed by atoms with van der Waals surface area (Å²) in [6.45, 7) is 4.33. The van der Waals surface area contributed by atoms with Crippen LogP contribution in [0.25, 0.3) is 0 Å². The molecule has 1 aliphatic rings. The second kappa shape index (κ2) is 6.29. The van der Waals surface area contributed by atoms with Crippen LogP contribution >= 0.6 is 0 Å². The van der Waals surface area contributed by atoms with E-state index in [4.69, 9.17) is 4.74 Å². The first-order valence-electron chi connectivity index (χ1n) is 7.27. The lowest BCUT2D eigenvalue weighted by Gasteiger charge is -2.23. The fraction of sp³-hybridized carbons (Fsp3) is 0.625. The minimum absolute atomic E-state index is 0.162. The van der Waals surface area contributed by atoms with Gasteiger partial charge >= 0.3 is 0 Å². The van der Waals surface area contributed by atoms with Gasteiger partial charge in [-0.15, -0.1) is 0 Å². The molecular formula is C16H25NO2. The summed E-state index contributed by atoms with van der Waals surface area (Å²) in [4.78, 5) is 0. The molecule has 2 N–H and O–H groups in total. The standard InChI is InChI=1S/C16H25NO2/c1-4-13(9-12-5-6-12)17-11(2)15-8-7-14(19-3)10-16(15)18/h7-8,10-13,17-18H,4-6,9H2,1-3H3. The fourth-order valence-corrected chi connectivity index (χ4v) is 2.57. The van der Waals surface area contributed by atoms with Gasteiger partial charge in [-0.2, -0.15) is 0 Å². The molecular weight excluding hydrogens is 238 g/mol. The predicted molar refractivity (Wildman–Crippen MR) is 77.6 cm³/mol. The minimum atomic E-state index is 0.162. The Kier molecular flexibility index (Phi) is 4.70. The number of methoxy groups -OCH3 is 1. The number of ether oxygens (including phenoxy) is 1. The van der Waals surface area contributed by atoms with Crippen LogP contribution in [0.15, 0.2) is 18.2 Å². The van der Waals surface area contributed by atoms with E-state index < -0.39 is 0 Å². The number of aromatic hydroxyl groups is 1. The molecule has 0 amide bonds. The van der Waals surface area contributed by atoms with Crippen molar-refractivity contribution in [2.24, 2.45) is 5.92 Å². The average molecular weight is 263 g/mol. The van der Waals surface area contributed by atoms with E-state index in [0.717, 1.165) is 17.9 Å². The van der Waals surface area contributed by atoms with Crippen molar-refractivity contribution >= 4 is 0 Å². The number of benzene rings is 1. The predicted octanol–water partition coefficient (Wildman–Crippen LogP) is 3.63.